The van der Waals surface area contributed by atoms with E-state index in [4.69, 9.17) is 9.47 Å². The standard InChI is InChI=1S/C16H12F2O4/c1-21-9-3-5-11(13(17)7-9)15(19)16(20)12-6-4-10(22-2)8-14(12)18/h3-8H,1-2H3. The molecule has 0 bridgehead atoms. The first-order valence-corrected chi connectivity index (χ1v) is 6.24. The first kappa shape index (κ1) is 15.6. The first-order valence-electron chi connectivity index (χ1n) is 6.24. The van der Waals surface area contributed by atoms with Gasteiger partial charge in [0.15, 0.2) is 0 Å². The Morgan fingerprint density at radius 1 is 0.773 bits per heavy atom. The molecule has 0 N–H and O–H groups in total. The van der Waals surface area contributed by atoms with Crippen LogP contribution < -0.4 is 9.47 Å². The van der Waals surface area contributed by atoms with E-state index in [9.17, 15) is 18.4 Å². The largest absolute Gasteiger partial charge is 0.497 e. The summed E-state index contributed by atoms with van der Waals surface area (Å²) in [5, 5.41) is 0. The van der Waals surface area contributed by atoms with Gasteiger partial charge >= 0.3 is 0 Å². The Bertz CT molecular complexity index is 677. The SMILES string of the molecule is COc1ccc(C(=O)C(=O)c2ccc(OC)cc2F)c(F)c1. The summed E-state index contributed by atoms with van der Waals surface area (Å²) in [6.45, 7) is 0. The molecule has 0 aliphatic rings. The van der Waals surface area contributed by atoms with E-state index in [-0.39, 0.29) is 11.5 Å². The molecule has 0 amide bonds. The van der Waals surface area contributed by atoms with Gasteiger partial charge in [0, 0.05) is 12.1 Å². The quantitative estimate of drug-likeness (QED) is 0.629. The van der Waals surface area contributed by atoms with E-state index in [1.807, 2.05) is 0 Å². The third-order valence-corrected chi connectivity index (χ3v) is 3.05. The van der Waals surface area contributed by atoms with Crippen LogP contribution in [-0.2, 0) is 0 Å². The zero-order valence-corrected chi connectivity index (χ0v) is 11.9. The van der Waals surface area contributed by atoms with Gasteiger partial charge in [-0.3, -0.25) is 9.59 Å². The van der Waals surface area contributed by atoms with Crippen LogP contribution in [0.4, 0.5) is 8.78 Å². The van der Waals surface area contributed by atoms with Crippen molar-refractivity contribution in [2.45, 2.75) is 0 Å². The van der Waals surface area contributed by atoms with Crippen molar-refractivity contribution in [3.8, 4) is 11.5 Å². The Balaban J connectivity index is 2.35. The molecule has 0 saturated heterocycles. The van der Waals surface area contributed by atoms with Crippen molar-refractivity contribution in [3.05, 3.63) is 59.2 Å². The van der Waals surface area contributed by atoms with Crippen LogP contribution in [0.25, 0.3) is 0 Å². The van der Waals surface area contributed by atoms with Gasteiger partial charge < -0.3 is 9.47 Å². The number of carbonyl (C=O) groups is 2. The minimum absolute atomic E-state index is 0.206. The number of rotatable bonds is 5. The molecule has 0 aromatic heterocycles. The Labute approximate surface area is 125 Å². The number of ether oxygens (including phenoxy) is 2. The highest BCUT2D eigenvalue weighted by Crippen LogP contribution is 2.21. The van der Waals surface area contributed by atoms with E-state index in [2.05, 4.69) is 0 Å². The number of hydrogen-bond acceptors (Lipinski definition) is 4. The Morgan fingerprint density at radius 2 is 1.14 bits per heavy atom. The van der Waals surface area contributed by atoms with Crippen LogP contribution in [0.3, 0.4) is 0 Å². The molecular formula is C16H12F2O4. The predicted molar refractivity (Wildman–Crippen MR) is 74.6 cm³/mol. The van der Waals surface area contributed by atoms with Crippen molar-refractivity contribution < 1.29 is 27.8 Å². The highest BCUT2D eigenvalue weighted by molar-refractivity contribution is 6.49. The normalized spacial score (nSPS) is 10.2. The summed E-state index contributed by atoms with van der Waals surface area (Å²) in [5.74, 6) is -3.68. The van der Waals surface area contributed by atoms with Crippen LogP contribution in [0.15, 0.2) is 36.4 Å². The molecule has 0 heterocycles. The number of Topliss-reactive ketones (excluding diaryl/α,β-unsaturated/α-hetero) is 2. The van der Waals surface area contributed by atoms with Crippen molar-refractivity contribution in [1.29, 1.82) is 0 Å². The van der Waals surface area contributed by atoms with Gasteiger partial charge in [0.25, 0.3) is 0 Å². The third-order valence-electron chi connectivity index (χ3n) is 3.05. The number of benzene rings is 2. The molecule has 4 nitrogen and oxygen atoms in total. The highest BCUT2D eigenvalue weighted by Gasteiger charge is 2.24. The van der Waals surface area contributed by atoms with Gasteiger partial charge in [0.2, 0.25) is 11.6 Å². The lowest BCUT2D eigenvalue weighted by Gasteiger charge is -2.06. The summed E-state index contributed by atoms with van der Waals surface area (Å²) < 4.78 is 37.3. The fraction of sp³-hybridized carbons (Fsp3) is 0.125. The lowest BCUT2D eigenvalue weighted by Crippen LogP contribution is -2.17. The van der Waals surface area contributed by atoms with Crippen LogP contribution in [0.5, 0.6) is 11.5 Å². The summed E-state index contributed by atoms with van der Waals surface area (Å²) >= 11 is 0. The molecule has 0 fully saturated rings. The average molecular weight is 306 g/mol. The van der Waals surface area contributed by atoms with Crippen molar-refractivity contribution in [2.24, 2.45) is 0 Å². The van der Waals surface area contributed by atoms with Gasteiger partial charge in [-0.25, -0.2) is 8.78 Å². The summed E-state index contributed by atoms with van der Waals surface area (Å²) in [4.78, 5) is 24.1. The van der Waals surface area contributed by atoms with Crippen molar-refractivity contribution >= 4 is 11.6 Å². The van der Waals surface area contributed by atoms with E-state index in [0.29, 0.717) is 0 Å². The molecule has 6 heteroatoms. The smallest absolute Gasteiger partial charge is 0.236 e. The summed E-state index contributed by atoms with van der Waals surface area (Å²) in [5.41, 5.74) is -0.887. The van der Waals surface area contributed by atoms with Gasteiger partial charge in [0.1, 0.15) is 23.1 Å². The number of ketones is 2. The fourth-order valence-electron chi connectivity index (χ4n) is 1.86. The van der Waals surface area contributed by atoms with Crippen LogP contribution in [0.2, 0.25) is 0 Å². The van der Waals surface area contributed by atoms with Gasteiger partial charge in [-0.05, 0) is 24.3 Å². The maximum absolute atomic E-state index is 13.8. The molecule has 22 heavy (non-hydrogen) atoms. The minimum Gasteiger partial charge on any atom is -0.497 e. The molecule has 0 unspecified atom stereocenters. The predicted octanol–water partition coefficient (Wildman–Crippen LogP) is 3.05. The van der Waals surface area contributed by atoms with E-state index in [1.165, 1.54) is 26.4 Å². The lowest BCUT2D eigenvalue weighted by atomic mass is 10.0. The van der Waals surface area contributed by atoms with Crippen LogP contribution in [-0.4, -0.2) is 25.8 Å². The van der Waals surface area contributed by atoms with Crippen molar-refractivity contribution in [2.75, 3.05) is 14.2 Å². The number of methoxy groups -OCH3 is 2. The monoisotopic (exact) mass is 306 g/mol. The molecule has 2 rings (SSSR count). The Morgan fingerprint density at radius 3 is 1.41 bits per heavy atom. The minimum atomic E-state index is -1.13. The number of halogens is 2. The van der Waals surface area contributed by atoms with Gasteiger partial charge in [0.05, 0.1) is 25.3 Å². The van der Waals surface area contributed by atoms with Gasteiger partial charge in [-0.2, -0.15) is 0 Å². The second-order valence-electron chi connectivity index (χ2n) is 4.35. The van der Waals surface area contributed by atoms with E-state index < -0.39 is 34.3 Å². The second kappa shape index (κ2) is 6.34. The second-order valence-corrected chi connectivity index (χ2v) is 4.35. The maximum atomic E-state index is 13.8. The van der Waals surface area contributed by atoms with Crippen LogP contribution >= 0.6 is 0 Å². The van der Waals surface area contributed by atoms with Crippen molar-refractivity contribution in [3.63, 3.8) is 0 Å². The topological polar surface area (TPSA) is 52.6 Å². The van der Waals surface area contributed by atoms with E-state index in [1.54, 1.807) is 0 Å². The molecule has 0 aliphatic carbocycles. The Hall–Kier alpha value is -2.76. The molecule has 0 atom stereocenters. The molecule has 0 spiro atoms. The number of carbonyl (C=O) groups excluding carboxylic acids is 2. The molecule has 2 aromatic carbocycles. The van der Waals surface area contributed by atoms with Crippen molar-refractivity contribution in [1.82, 2.24) is 0 Å². The third kappa shape index (κ3) is 2.95. The average Bonchev–Trinajstić information content (AvgIpc) is 2.53. The molecule has 0 radical (unpaired) electrons. The number of hydrogen-bond donors (Lipinski definition) is 0. The molecule has 0 aliphatic heterocycles. The zero-order valence-electron chi connectivity index (χ0n) is 11.9. The Kier molecular flexibility index (Phi) is 4.50. The zero-order chi connectivity index (χ0) is 16.3. The van der Waals surface area contributed by atoms with Gasteiger partial charge in [-0.1, -0.05) is 0 Å². The van der Waals surface area contributed by atoms with Gasteiger partial charge in [-0.15, -0.1) is 0 Å². The summed E-state index contributed by atoms with van der Waals surface area (Å²) in [6.07, 6.45) is 0. The van der Waals surface area contributed by atoms with Crippen LogP contribution in [0.1, 0.15) is 20.7 Å². The van der Waals surface area contributed by atoms with E-state index in [0.717, 1.165) is 24.3 Å². The molecule has 0 saturated carbocycles. The first-order chi connectivity index (χ1) is 10.5. The summed E-state index contributed by atoms with van der Waals surface area (Å²) in [7, 11) is 2.68. The molecule has 114 valence electrons. The fourth-order valence-corrected chi connectivity index (χ4v) is 1.86. The maximum Gasteiger partial charge on any atom is 0.236 e. The highest BCUT2D eigenvalue weighted by atomic mass is 19.1. The summed E-state index contributed by atoms with van der Waals surface area (Å²) in [6, 6.07) is 6.88. The molecular weight excluding hydrogens is 294 g/mol. The van der Waals surface area contributed by atoms with Crippen LogP contribution in [0, 0.1) is 11.6 Å². The molecule has 2 aromatic rings. The van der Waals surface area contributed by atoms with E-state index >= 15 is 0 Å². The lowest BCUT2D eigenvalue weighted by molar-refractivity contribution is 0.0811.